The van der Waals surface area contributed by atoms with Crippen LogP contribution in [0.3, 0.4) is 0 Å². The van der Waals surface area contributed by atoms with E-state index in [-0.39, 0.29) is 11.4 Å². The number of thioether (sulfide) groups is 1. The predicted octanol–water partition coefficient (Wildman–Crippen LogP) is 1.91. The molecule has 0 aromatic heterocycles. The van der Waals surface area contributed by atoms with Crippen molar-refractivity contribution in [2.45, 2.75) is 23.3 Å². The van der Waals surface area contributed by atoms with Crippen molar-refractivity contribution in [3.05, 3.63) is 29.8 Å². The molecule has 0 bridgehead atoms. The number of amides is 1. The zero-order valence-electron chi connectivity index (χ0n) is 12.1. The first-order chi connectivity index (χ1) is 9.69. The molecule has 1 aliphatic rings. The van der Waals surface area contributed by atoms with E-state index in [1.165, 1.54) is 0 Å². The van der Waals surface area contributed by atoms with Gasteiger partial charge in [-0.15, -0.1) is 11.8 Å². The molecule has 1 aromatic rings. The molecule has 0 radical (unpaired) electrons. The van der Waals surface area contributed by atoms with Crippen molar-refractivity contribution in [2.75, 3.05) is 33.1 Å². The zero-order valence-corrected chi connectivity index (χ0v) is 12.9. The summed E-state index contributed by atoms with van der Waals surface area (Å²) in [6.07, 6.45) is 4.18. The van der Waals surface area contributed by atoms with Crippen LogP contribution >= 0.6 is 11.8 Å². The number of ether oxygens (including phenoxy) is 1. The molecule has 1 fully saturated rings. The van der Waals surface area contributed by atoms with Crippen molar-refractivity contribution < 1.29 is 9.53 Å². The summed E-state index contributed by atoms with van der Waals surface area (Å²) in [5.41, 5.74) is 0.595. The van der Waals surface area contributed by atoms with Crippen molar-refractivity contribution in [3.8, 4) is 0 Å². The molecule has 0 saturated carbocycles. The monoisotopic (exact) mass is 294 g/mol. The van der Waals surface area contributed by atoms with Gasteiger partial charge in [-0.25, -0.2) is 0 Å². The van der Waals surface area contributed by atoms with Gasteiger partial charge in [0.2, 0.25) is 0 Å². The lowest BCUT2D eigenvalue weighted by atomic mass is 9.98. The first-order valence-electron chi connectivity index (χ1n) is 6.85. The third-order valence-corrected chi connectivity index (χ3v) is 4.44. The Bertz CT molecular complexity index is 442. The third-order valence-electron chi connectivity index (χ3n) is 3.69. The number of nitrogens with one attached hydrogen (secondary N) is 2. The van der Waals surface area contributed by atoms with E-state index in [2.05, 4.69) is 10.6 Å². The second-order valence-corrected chi connectivity index (χ2v) is 6.03. The average molecular weight is 294 g/mol. The summed E-state index contributed by atoms with van der Waals surface area (Å²) in [6, 6.07) is 7.68. The van der Waals surface area contributed by atoms with E-state index in [9.17, 15) is 4.79 Å². The van der Waals surface area contributed by atoms with Crippen LogP contribution in [0.4, 0.5) is 0 Å². The van der Waals surface area contributed by atoms with Crippen LogP contribution in [0.5, 0.6) is 0 Å². The molecule has 0 aliphatic carbocycles. The van der Waals surface area contributed by atoms with Crippen molar-refractivity contribution >= 4 is 17.7 Å². The van der Waals surface area contributed by atoms with Gasteiger partial charge in [-0.05, 0) is 49.9 Å². The number of carbonyl (C=O) groups is 1. The summed E-state index contributed by atoms with van der Waals surface area (Å²) in [4.78, 5) is 13.3. The quantitative estimate of drug-likeness (QED) is 0.787. The Balaban J connectivity index is 1.93. The van der Waals surface area contributed by atoms with Gasteiger partial charge in [0.05, 0.1) is 12.1 Å². The lowest BCUT2D eigenvalue weighted by Crippen LogP contribution is -2.52. The van der Waals surface area contributed by atoms with Gasteiger partial charge in [0, 0.05) is 24.1 Å². The minimum atomic E-state index is -0.108. The van der Waals surface area contributed by atoms with E-state index in [1.54, 1.807) is 18.9 Å². The van der Waals surface area contributed by atoms with Gasteiger partial charge < -0.3 is 15.4 Å². The van der Waals surface area contributed by atoms with Gasteiger partial charge in [-0.3, -0.25) is 4.79 Å². The molecule has 1 saturated heterocycles. The highest BCUT2D eigenvalue weighted by Gasteiger charge is 2.33. The fraction of sp³-hybridized carbons (Fsp3) is 0.533. The lowest BCUT2D eigenvalue weighted by Gasteiger charge is -2.28. The van der Waals surface area contributed by atoms with E-state index in [1.807, 2.05) is 30.5 Å². The van der Waals surface area contributed by atoms with Crippen LogP contribution in [0, 0.1) is 0 Å². The number of hydrogen-bond donors (Lipinski definition) is 2. The zero-order chi connectivity index (χ0) is 14.4. The van der Waals surface area contributed by atoms with Crippen LogP contribution < -0.4 is 10.6 Å². The highest BCUT2D eigenvalue weighted by molar-refractivity contribution is 7.98. The predicted molar refractivity (Wildman–Crippen MR) is 82.4 cm³/mol. The van der Waals surface area contributed by atoms with E-state index in [0.717, 1.165) is 24.3 Å². The van der Waals surface area contributed by atoms with Gasteiger partial charge in [0.25, 0.3) is 5.91 Å². The average Bonchev–Trinajstić information content (AvgIpc) is 2.94. The van der Waals surface area contributed by atoms with Gasteiger partial charge in [0.1, 0.15) is 0 Å². The molecule has 1 amide bonds. The topological polar surface area (TPSA) is 50.4 Å². The standard InChI is InChI=1S/C15H22N2O2S/c1-19-11-15(8-3-9-17-15)10-16-14(18)12-4-6-13(20-2)7-5-12/h4-7,17H,3,8-11H2,1-2H3,(H,16,18). The number of hydrogen-bond acceptors (Lipinski definition) is 4. The minimum absolute atomic E-state index is 0.0261. The summed E-state index contributed by atoms with van der Waals surface area (Å²) in [5.74, 6) is -0.0261. The van der Waals surface area contributed by atoms with E-state index >= 15 is 0 Å². The Labute approximate surface area is 124 Å². The molecule has 2 rings (SSSR count). The second-order valence-electron chi connectivity index (χ2n) is 5.15. The van der Waals surface area contributed by atoms with Crippen LogP contribution in [-0.2, 0) is 4.74 Å². The van der Waals surface area contributed by atoms with Gasteiger partial charge in [0.15, 0.2) is 0 Å². The molecular weight excluding hydrogens is 272 g/mol. The molecule has 0 spiro atoms. The highest BCUT2D eigenvalue weighted by Crippen LogP contribution is 2.19. The number of rotatable bonds is 6. The second kappa shape index (κ2) is 7.11. The van der Waals surface area contributed by atoms with Crippen LogP contribution in [0.2, 0.25) is 0 Å². The summed E-state index contributed by atoms with van der Waals surface area (Å²) in [6.45, 7) is 2.21. The Morgan fingerprint density at radius 1 is 1.45 bits per heavy atom. The first kappa shape index (κ1) is 15.4. The molecule has 1 atom stereocenters. The van der Waals surface area contributed by atoms with Crippen LogP contribution in [-0.4, -0.2) is 44.5 Å². The Morgan fingerprint density at radius 3 is 2.75 bits per heavy atom. The molecule has 110 valence electrons. The van der Waals surface area contributed by atoms with Crippen molar-refractivity contribution in [2.24, 2.45) is 0 Å². The third kappa shape index (κ3) is 3.75. The highest BCUT2D eigenvalue weighted by atomic mass is 32.2. The van der Waals surface area contributed by atoms with E-state index in [4.69, 9.17) is 4.74 Å². The van der Waals surface area contributed by atoms with Crippen LogP contribution in [0.25, 0.3) is 0 Å². The Kier molecular flexibility index (Phi) is 5.46. The van der Waals surface area contributed by atoms with Crippen molar-refractivity contribution in [1.82, 2.24) is 10.6 Å². The molecule has 1 heterocycles. The van der Waals surface area contributed by atoms with Gasteiger partial charge >= 0.3 is 0 Å². The largest absolute Gasteiger partial charge is 0.383 e. The number of methoxy groups -OCH3 is 1. The molecule has 4 nitrogen and oxygen atoms in total. The normalized spacial score (nSPS) is 21.9. The summed E-state index contributed by atoms with van der Waals surface area (Å²) in [7, 11) is 1.70. The molecule has 1 aliphatic heterocycles. The van der Waals surface area contributed by atoms with Gasteiger partial charge in [-0.2, -0.15) is 0 Å². The molecular formula is C15H22N2O2S. The summed E-state index contributed by atoms with van der Waals surface area (Å²) < 4.78 is 5.28. The number of benzene rings is 1. The number of carbonyl (C=O) groups excluding carboxylic acids is 1. The summed E-state index contributed by atoms with van der Waals surface area (Å²) in [5, 5.41) is 6.47. The van der Waals surface area contributed by atoms with E-state index < -0.39 is 0 Å². The molecule has 1 aromatic carbocycles. The SMILES string of the molecule is COCC1(CNC(=O)c2ccc(SC)cc2)CCCN1. The fourth-order valence-corrected chi connectivity index (χ4v) is 2.97. The van der Waals surface area contributed by atoms with Crippen molar-refractivity contribution in [1.29, 1.82) is 0 Å². The Morgan fingerprint density at radius 2 is 2.20 bits per heavy atom. The first-order valence-corrected chi connectivity index (χ1v) is 8.08. The van der Waals surface area contributed by atoms with Crippen LogP contribution in [0.1, 0.15) is 23.2 Å². The molecule has 1 unspecified atom stereocenters. The fourth-order valence-electron chi connectivity index (χ4n) is 2.56. The van der Waals surface area contributed by atoms with Gasteiger partial charge in [-0.1, -0.05) is 0 Å². The molecule has 5 heteroatoms. The molecule has 20 heavy (non-hydrogen) atoms. The maximum atomic E-state index is 12.2. The lowest BCUT2D eigenvalue weighted by molar-refractivity contribution is 0.0892. The van der Waals surface area contributed by atoms with E-state index in [0.29, 0.717) is 18.7 Å². The Hall–Kier alpha value is -1.04. The van der Waals surface area contributed by atoms with Crippen LogP contribution in [0.15, 0.2) is 29.2 Å². The maximum Gasteiger partial charge on any atom is 0.251 e. The summed E-state index contributed by atoms with van der Waals surface area (Å²) >= 11 is 1.67. The smallest absolute Gasteiger partial charge is 0.251 e. The maximum absolute atomic E-state index is 12.2. The minimum Gasteiger partial charge on any atom is -0.383 e. The molecule has 2 N–H and O–H groups in total. The van der Waals surface area contributed by atoms with Crippen molar-refractivity contribution in [3.63, 3.8) is 0 Å².